The lowest BCUT2D eigenvalue weighted by atomic mass is 10.3. The molecule has 0 atom stereocenters. The van der Waals surface area contributed by atoms with E-state index in [1.54, 1.807) is 11.8 Å². The standard InChI is InChI=1S/C7H4F4O.C7H9NS/c8-5-2-1-3-6(4-5)12-7(9,10)11;1-9-7-4-2-3-6(8)5-7/h1-4H;2-5H,8H2,1H3. The van der Waals surface area contributed by atoms with Gasteiger partial charge in [0.05, 0.1) is 0 Å². The van der Waals surface area contributed by atoms with E-state index in [0.717, 1.165) is 23.9 Å². The number of nitrogens with two attached hydrogens (primary N) is 1. The van der Waals surface area contributed by atoms with Crippen molar-refractivity contribution >= 4 is 17.4 Å². The van der Waals surface area contributed by atoms with Crippen LogP contribution < -0.4 is 10.5 Å². The predicted octanol–water partition coefficient (Wildman–Crippen LogP) is 4.72. The number of hydrogen-bond donors (Lipinski definition) is 1. The van der Waals surface area contributed by atoms with Crippen LogP contribution in [-0.4, -0.2) is 12.6 Å². The number of halogens is 4. The Morgan fingerprint density at radius 3 is 2.19 bits per heavy atom. The lowest BCUT2D eigenvalue weighted by Crippen LogP contribution is -2.17. The summed E-state index contributed by atoms with van der Waals surface area (Å²) in [5.41, 5.74) is 6.36. The molecule has 0 spiro atoms. The van der Waals surface area contributed by atoms with Crippen LogP contribution in [0, 0.1) is 5.82 Å². The maximum Gasteiger partial charge on any atom is 0.573 e. The molecule has 0 unspecified atom stereocenters. The molecule has 0 bridgehead atoms. The fraction of sp³-hybridized carbons (Fsp3) is 0.143. The highest BCUT2D eigenvalue weighted by Crippen LogP contribution is 2.22. The van der Waals surface area contributed by atoms with Gasteiger partial charge in [-0.2, -0.15) is 0 Å². The van der Waals surface area contributed by atoms with Crippen molar-refractivity contribution in [3.05, 3.63) is 54.3 Å². The van der Waals surface area contributed by atoms with Crippen LogP contribution in [0.2, 0.25) is 0 Å². The third-order valence-electron chi connectivity index (χ3n) is 2.12. The van der Waals surface area contributed by atoms with Crippen molar-refractivity contribution in [1.82, 2.24) is 0 Å². The summed E-state index contributed by atoms with van der Waals surface area (Å²) in [6, 6.07) is 11.7. The summed E-state index contributed by atoms with van der Waals surface area (Å²) in [6.07, 6.45) is -2.73. The first kappa shape index (κ1) is 17.2. The van der Waals surface area contributed by atoms with E-state index in [1.807, 2.05) is 30.5 Å². The van der Waals surface area contributed by atoms with Gasteiger partial charge in [-0.3, -0.25) is 0 Å². The molecule has 2 nitrogen and oxygen atoms in total. The van der Waals surface area contributed by atoms with Gasteiger partial charge < -0.3 is 10.5 Å². The van der Waals surface area contributed by atoms with E-state index < -0.39 is 17.9 Å². The van der Waals surface area contributed by atoms with E-state index in [-0.39, 0.29) is 0 Å². The number of benzene rings is 2. The molecule has 0 radical (unpaired) electrons. The Morgan fingerprint density at radius 1 is 1.05 bits per heavy atom. The van der Waals surface area contributed by atoms with E-state index in [1.165, 1.54) is 4.90 Å². The van der Waals surface area contributed by atoms with Crippen LogP contribution in [0.1, 0.15) is 0 Å². The van der Waals surface area contributed by atoms with Gasteiger partial charge in [-0.05, 0) is 36.6 Å². The second-order valence-electron chi connectivity index (χ2n) is 3.78. The number of ether oxygens (including phenoxy) is 1. The topological polar surface area (TPSA) is 35.2 Å². The normalized spacial score (nSPS) is 10.5. The molecule has 0 fully saturated rings. The molecule has 0 saturated carbocycles. The lowest BCUT2D eigenvalue weighted by Gasteiger charge is -2.07. The van der Waals surface area contributed by atoms with Crippen LogP contribution in [0.15, 0.2) is 53.4 Å². The molecule has 114 valence electrons. The Labute approximate surface area is 123 Å². The molecule has 0 amide bonds. The van der Waals surface area contributed by atoms with E-state index in [0.29, 0.717) is 6.07 Å². The molecule has 0 heterocycles. The summed E-state index contributed by atoms with van der Waals surface area (Å²) in [5.74, 6) is -1.32. The molecule has 2 N–H and O–H groups in total. The van der Waals surface area contributed by atoms with E-state index >= 15 is 0 Å². The van der Waals surface area contributed by atoms with Gasteiger partial charge in [0.1, 0.15) is 11.6 Å². The van der Waals surface area contributed by atoms with E-state index in [9.17, 15) is 17.6 Å². The van der Waals surface area contributed by atoms with Crippen LogP contribution in [-0.2, 0) is 0 Å². The zero-order chi connectivity index (χ0) is 15.9. The zero-order valence-electron chi connectivity index (χ0n) is 11.0. The molecular formula is C14H13F4NOS. The number of hydrogen-bond acceptors (Lipinski definition) is 3. The molecular weight excluding hydrogens is 306 g/mol. The average molecular weight is 319 g/mol. The second kappa shape index (κ2) is 7.78. The van der Waals surface area contributed by atoms with Gasteiger partial charge in [-0.15, -0.1) is 24.9 Å². The summed E-state index contributed by atoms with van der Waals surface area (Å²) >= 11 is 1.70. The van der Waals surface area contributed by atoms with Crippen molar-refractivity contribution in [3.63, 3.8) is 0 Å². The Bertz CT molecular complexity index is 575. The number of thioether (sulfide) groups is 1. The molecule has 0 aliphatic heterocycles. The Kier molecular flexibility index (Phi) is 6.36. The molecule has 0 aliphatic carbocycles. The quantitative estimate of drug-likeness (QED) is 0.494. The van der Waals surface area contributed by atoms with Crippen molar-refractivity contribution < 1.29 is 22.3 Å². The number of anilines is 1. The van der Waals surface area contributed by atoms with Crippen molar-refractivity contribution in [2.24, 2.45) is 0 Å². The zero-order valence-corrected chi connectivity index (χ0v) is 11.8. The highest BCUT2D eigenvalue weighted by Gasteiger charge is 2.31. The molecule has 2 rings (SSSR count). The van der Waals surface area contributed by atoms with E-state index in [2.05, 4.69) is 4.74 Å². The SMILES string of the molecule is CSc1cccc(N)c1.Fc1cccc(OC(F)(F)F)c1. The molecule has 0 aromatic heterocycles. The summed E-state index contributed by atoms with van der Waals surface area (Å²) < 4.78 is 50.3. The van der Waals surface area contributed by atoms with Crippen molar-refractivity contribution in [3.8, 4) is 5.75 Å². The van der Waals surface area contributed by atoms with Crippen molar-refractivity contribution in [2.45, 2.75) is 11.3 Å². The molecule has 2 aromatic carbocycles. The monoisotopic (exact) mass is 319 g/mol. The van der Waals surface area contributed by atoms with Gasteiger partial charge in [0.15, 0.2) is 0 Å². The van der Waals surface area contributed by atoms with Crippen LogP contribution in [0.5, 0.6) is 5.75 Å². The van der Waals surface area contributed by atoms with E-state index in [4.69, 9.17) is 5.73 Å². The van der Waals surface area contributed by atoms with Crippen molar-refractivity contribution in [2.75, 3.05) is 12.0 Å². The molecule has 0 saturated heterocycles. The van der Waals surface area contributed by atoms with Crippen LogP contribution in [0.4, 0.5) is 23.2 Å². The summed E-state index contributed by atoms with van der Waals surface area (Å²) in [6.45, 7) is 0. The van der Waals surface area contributed by atoms with Gasteiger partial charge in [-0.1, -0.05) is 12.1 Å². The molecule has 2 aromatic rings. The van der Waals surface area contributed by atoms with Gasteiger partial charge in [0.2, 0.25) is 0 Å². The predicted molar refractivity (Wildman–Crippen MR) is 75.7 cm³/mol. The largest absolute Gasteiger partial charge is 0.573 e. The first-order valence-electron chi connectivity index (χ1n) is 5.71. The molecule has 0 aliphatic rings. The maximum atomic E-state index is 12.3. The number of nitrogen functional groups attached to an aromatic ring is 1. The van der Waals surface area contributed by atoms with Crippen LogP contribution in [0.25, 0.3) is 0 Å². The Morgan fingerprint density at radius 2 is 1.71 bits per heavy atom. The van der Waals surface area contributed by atoms with Crippen LogP contribution >= 0.6 is 11.8 Å². The minimum absolute atomic E-state index is 0.553. The highest BCUT2D eigenvalue weighted by atomic mass is 32.2. The average Bonchev–Trinajstić information content (AvgIpc) is 2.37. The van der Waals surface area contributed by atoms with Gasteiger partial charge in [-0.25, -0.2) is 4.39 Å². The smallest absolute Gasteiger partial charge is 0.406 e. The summed E-state index contributed by atoms with van der Waals surface area (Å²) in [7, 11) is 0. The van der Waals surface area contributed by atoms with Crippen molar-refractivity contribution in [1.29, 1.82) is 0 Å². The Hall–Kier alpha value is -1.89. The number of alkyl halides is 3. The summed E-state index contributed by atoms with van der Waals surface area (Å²) in [4.78, 5) is 1.22. The van der Waals surface area contributed by atoms with Gasteiger partial charge in [0, 0.05) is 16.6 Å². The minimum Gasteiger partial charge on any atom is -0.406 e. The van der Waals surface area contributed by atoms with Gasteiger partial charge >= 0.3 is 6.36 Å². The second-order valence-corrected chi connectivity index (χ2v) is 4.66. The fourth-order valence-electron chi connectivity index (χ4n) is 1.31. The third kappa shape index (κ3) is 7.45. The molecule has 21 heavy (non-hydrogen) atoms. The highest BCUT2D eigenvalue weighted by molar-refractivity contribution is 7.98. The lowest BCUT2D eigenvalue weighted by molar-refractivity contribution is -0.274. The third-order valence-corrected chi connectivity index (χ3v) is 2.85. The first-order valence-corrected chi connectivity index (χ1v) is 6.93. The first-order chi connectivity index (χ1) is 9.80. The Balaban J connectivity index is 0.000000219. The maximum absolute atomic E-state index is 12.3. The summed E-state index contributed by atoms with van der Waals surface area (Å²) in [5, 5.41) is 0. The molecule has 7 heteroatoms. The van der Waals surface area contributed by atoms with Crippen LogP contribution in [0.3, 0.4) is 0 Å². The minimum atomic E-state index is -4.77. The van der Waals surface area contributed by atoms with Gasteiger partial charge in [0.25, 0.3) is 0 Å². The number of rotatable bonds is 2. The fourth-order valence-corrected chi connectivity index (χ4v) is 1.77.